The lowest BCUT2D eigenvalue weighted by molar-refractivity contribution is 0.0951. The summed E-state index contributed by atoms with van der Waals surface area (Å²) in [6, 6.07) is 7.39. The van der Waals surface area contributed by atoms with Gasteiger partial charge in [0, 0.05) is 31.2 Å². The van der Waals surface area contributed by atoms with Crippen LogP contribution in [0, 0.1) is 6.92 Å². The van der Waals surface area contributed by atoms with Gasteiger partial charge in [0.2, 0.25) is 0 Å². The van der Waals surface area contributed by atoms with E-state index in [2.05, 4.69) is 20.6 Å². The van der Waals surface area contributed by atoms with Crippen molar-refractivity contribution in [3.05, 3.63) is 53.5 Å². The van der Waals surface area contributed by atoms with Crippen molar-refractivity contribution in [2.75, 3.05) is 11.9 Å². The number of anilines is 1. The number of nitrogens with zero attached hydrogens (tertiary/aromatic N) is 2. The molecule has 5 nitrogen and oxygen atoms in total. The lowest BCUT2D eigenvalue weighted by Crippen LogP contribution is -2.24. The summed E-state index contributed by atoms with van der Waals surface area (Å²) in [6.45, 7) is 5.07. The van der Waals surface area contributed by atoms with Gasteiger partial charge < -0.3 is 10.6 Å². The molecule has 0 unspecified atom stereocenters. The van der Waals surface area contributed by atoms with Gasteiger partial charge in [-0.05, 0) is 37.6 Å². The SMILES string of the molecule is CCNc1ncccc1C(=O)NCc1ccc(C)nc1. The molecule has 2 N–H and O–H groups in total. The predicted molar refractivity (Wildman–Crippen MR) is 78.5 cm³/mol. The number of hydrogen-bond acceptors (Lipinski definition) is 4. The van der Waals surface area contributed by atoms with Gasteiger partial charge in [0.25, 0.3) is 5.91 Å². The smallest absolute Gasteiger partial charge is 0.255 e. The third-order valence-corrected chi connectivity index (χ3v) is 2.82. The van der Waals surface area contributed by atoms with Gasteiger partial charge in [-0.25, -0.2) is 4.98 Å². The van der Waals surface area contributed by atoms with E-state index in [0.717, 1.165) is 17.8 Å². The summed E-state index contributed by atoms with van der Waals surface area (Å²) in [5.74, 6) is 0.462. The summed E-state index contributed by atoms with van der Waals surface area (Å²) in [5.41, 5.74) is 2.48. The minimum atomic E-state index is -0.144. The Bertz CT molecular complexity index is 581. The molecule has 0 saturated heterocycles. The summed E-state index contributed by atoms with van der Waals surface area (Å²) < 4.78 is 0. The fourth-order valence-electron chi connectivity index (χ4n) is 1.78. The molecule has 0 aliphatic rings. The zero-order valence-electron chi connectivity index (χ0n) is 11.7. The normalized spacial score (nSPS) is 10.1. The minimum absolute atomic E-state index is 0.144. The third kappa shape index (κ3) is 3.54. The molecule has 2 rings (SSSR count). The summed E-state index contributed by atoms with van der Waals surface area (Å²) in [7, 11) is 0. The van der Waals surface area contributed by atoms with Crippen LogP contribution in [0.4, 0.5) is 5.82 Å². The van der Waals surface area contributed by atoms with Gasteiger partial charge in [-0.15, -0.1) is 0 Å². The van der Waals surface area contributed by atoms with Crippen LogP contribution in [-0.2, 0) is 6.54 Å². The second kappa shape index (κ2) is 6.65. The van der Waals surface area contributed by atoms with Crippen molar-refractivity contribution in [2.24, 2.45) is 0 Å². The van der Waals surface area contributed by atoms with Gasteiger partial charge in [-0.1, -0.05) is 6.07 Å². The molecule has 0 aromatic carbocycles. The molecule has 5 heteroatoms. The fraction of sp³-hybridized carbons (Fsp3) is 0.267. The van der Waals surface area contributed by atoms with E-state index in [-0.39, 0.29) is 5.91 Å². The number of amides is 1. The number of hydrogen-bond donors (Lipinski definition) is 2. The average molecular weight is 270 g/mol. The summed E-state index contributed by atoms with van der Waals surface area (Å²) in [5, 5.41) is 5.95. The lowest BCUT2D eigenvalue weighted by Gasteiger charge is -2.10. The van der Waals surface area contributed by atoms with Crippen LogP contribution in [0.1, 0.15) is 28.5 Å². The Kier molecular flexibility index (Phi) is 4.65. The maximum Gasteiger partial charge on any atom is 0.255 e. The molecule has 2 aromatic heterocycles. The molecule has 2 aromatic rings. The first-order chi connectivity index (χ1) is 9.70. The molecule has 0 fully saturated rings. The Labute approximate surface area is 118 Å². The van der Waals surface area contributed by atoms with Crippen molar-refractivity contribution in [1.29, 1.82) is 0 Å². The molecule has 0 spiro atoms. The van der Waals surface area contributed by atoms with Gasteiger partial charge in [-0.2, -0.15) is 0 Å². The number of rotatable bonds is 5. The number of aryl methyl sites for hydroxylation is 1. The highest BCUT2D eigenvalue weighted by atomic mass is 16.1. The molecule has 0 bridgehead atoms. The first-order valence-corrected chi connectivity index (χ1v) is 6.59. The molecule has 0 aliphatic carbocycles. The van der Waals surface area contributed by atoms with E-state index in [1.165, 1.54) is 0 Å². The maximum atomic E-state index is 12.2. The van der Waals surface area contributed by atoms with Crippen molar-refractivity contribution in [1.82, 2.24) is 15.3 Å². The summed E-state index contributed by atoms with van der Waals surface area (Å²) >= 11 is 0. The second-order valence-corrected chi connectivity index (χ2v) is 4.42. The zero-order valence-corrected chi connectivity index (χ0v) is 11.7. The van der Waals surface area contributed by atoms with E-state index in [0.29, 0.717) is 17.9 Å². The quantitative estimate of drug-likeness (QED) is 0.873. The van der Waals surface area contributed by atoms with E-state index in [4.69, 9.17) is 0 Å². The summed E-state index contributed by atoms with van der Waals surface area (Å²) in [4.78, 5) is 20.5. The van der Waals surface area contributed by atoms with Crippen molar-refractivity contribution < 1.29 is 4.79 Å². The van der Waals surface area contributed by atoms with Crippen LogP contribution < -0.4 is 10.6 Å². The van der Waals surface area contributed by atoms with Gasteiger partial charge in [0.15, 0.2) is 0 Å². The molecule has 0 saturated carbocycles. The molecular formula is C15H18N4O. The van der Waals surface area contributed by atoms with Crippen LogP contribution in [0.2, 0.25) is 0 Å². The molecule has 104 valence electrons. The number of pyridine rings is 2. The van der Waals surface area contributed by atoms with E-state index in [9.17, 15) is 4.79 Å². The van der Waals surface area contributed by atoms with E-state index >= 15 is 0 Å². The standard InChI is InChI=1S/C15H18N4O/c1-3-16-14-13(5-4-8-17-14)15(20)19-10-12-7-6-11(2)18-9-12/h4-9H,3,10H2,1-2H3,(H,16,17)(H,19,20). The van der Waals surface area contributed by atoms with Crippen molar-refractivity contribution >= 4 is 11.7 Å². The topological polar surface area (TPSA) is 66.9 Å². The Balaban J connectivity index is 2.03. The molecule has 0 radical (unpaired) electrons. The van der Waals surface area contributed by atoms with Crippen LogP contribution in [0.3, 0.4) is 0 Å². The molecule has 20 heavy (non-hydrogen) atoms. The van der Waals surface area contributed by atoms with E-state index < -0.39 is 0 Å². The Morgan fingerprint density at radius 2 is 2.10 bits per heavy atom. The molecule has 0 aliphatic heterocycles. The predicted octanol–water partition coefficient (Wildman–Crippen LogP) is 2.15. The Morgan fingerprint density at radius 1 is 1.25 bits per heavy atom. The van der Waals surface area contributed by atoms with Crippen molar-refractivity contribution in [3.8, 4) is 0 Å². The largest absolute Gasteiger partial charge is 0.370 e. The lowest BCUT2D eigenvalue weighted by atomic mass is 10.2. The van der Waals surface area contributed by atoms with Gasteiger partial charge in [0.05, 0.1) is 5.56 Å². The molecule has 1 amide bonds. The van der Waals surface area contributed by atoms with Crippen molar-refractivity contribution in [3.63, 3.8) is 0 Å². The first kappa shape index (κ1) is 14.0. The van der Waals surface area contributed by atoms with Crippen LogP contribution in [0.25, 0.3) is 0 Å². The summed E-state index contributed by atoms with van der Waals surface area (Å²) in [6.07, 6.45) is 3.43. The number of nitrogens with one attached hydrogen (secondary N) is 2. The number of carbonyl (C=O) groups excluding carboxylic acids is 1. The van der Waals surface area contributed by atoms with E-state index in [1.807, 2.05) is 26.0 Å². The highest BCUT2D eigenvalue weighted by Gasteiger charge is 2.11. The van der Waals surface area contributed by atoms with Crippen LogP contribution in [0.15, 0.2) is 36.7 Å². The van der Waals surface area contributed by atoms with Gasteiger partial charge in [-0.3, -0.25) is 9.78 Å². The maximum absolute atomic E-state index is 12.2. The second-order valence-electron chi connectivity index (χ2n) is 4.42. The van der Waals surface area contributed by atoms with Gasteiger partial charge >= 0.3 is 0 Å². The highest BCUT2D eigenvalue weighted by molar-refractivity contribution is 5.98. The fourth-order valence-corrected chi connectivity index (χ4v) is 1.78. The first-order valence-electron chi connectivity index (χ1n) is 6.59. The number of carbonyl (C=O) groups is 1. The highest BCUT2D eigenvalue weighted by Crippen LogP contribution is 2.11. The zero-order chi connectivity index (χ0) is 14.4. The van der Waals surface area contributed by atoms with Crippen LogP contribution in [0.5, 0.6) is 0 Å². The van der Waals surface area contributed by atoms with Gasteiger partial charge in [0.1, 0.15) is 5.82 Å². The monoisotopic (exact) mass is 270 g/mol. The van der Waals surface area contributed by atoms with Crippen LogP contribution in [-0.4, -0.2) is 22.4 Å². The average Bonchev–Trinajstić information content (AvgIpc) is 2.47. The van der Waals surface area contributed by atoms with Crippen LogP contribution >= 0.6 is 0 Å². The van der Waals surface area contributed by atoms with E-state index in [1.54, 1.807) is 24.5 Å². The van der Waals surface area contributed by atoms with Crippen molar-refractivity contribution in [2.45, 2.75) is 20.4 Å². The Hall–Kier alpha value is -2.43. The number of aromatic nitrogens is 2. The Morgan fingerprint density at radius 3 is 2.80 bits per heavy atom. The molecule has 2 heterocycles. The third-order valence-electron chi connectivity index (χ3n) is 2.82. The minimum Gasteiger partial charge on any atom is -0.370 e. The molecular weight excluding hydrogens is 252 g/mol. The molecule has 0 atom stereocenters.